The minimum Gasteiger partial charge on any atom is -0.506 e. The first-order valence-corrected chi connectivity index (χ1v) is 7.86. The van der Waals surface area contributed by atoms with Gasteiger partial charge in [-0.15, -0.1) is 0 Å². The molecule has 0 saturated heterocycles. The third kappa shape index (κ3) is 4.46. The summed E-state index contributed by atoms with van der Waals surface area (Å²) in [4.78, 5) is 16.4. The van der Waals surface area contributed by atoms with E-state index in [4.69, 9.17) is 16.3 Å². The van der Waals surface area contributed by atoms with Gasteiger partial charge in [0.2, 0.25) is 0 Å². The molecular weight excluding hydrogens is 326 g/mol. The highest BCUT2D eigenvalue weighted by Crippen LogP contribution is 2.24. The molecule has 5 heteroatoms. The lowest BCUT2D eigenvalue weighted by molar-refractivity contribution is -0.137. The van der Waals surface area contributed by atoms with Crippen molar-refractivity contribution in [3.05, 3.63) is 70.3 Å². The van der Waals surface area contributed by atoms with Crippen LogP contribution >= 0.6 is 11.6 Å². The number of esters is 1. The van der Waals surface area contributed by atoms with Crippen LogP contribution in [-0.4, -0.2) is 23.9 Å². The number of ether oxygens (including phenoxy) is 1. The van der Waals surface area contributed by atoms with E-state index in [1.165, 1.54) is 6.21 Å². The Bertz CT molecular complexity index is 779. The Morgan fingerprint density at radius 2 is 1.88 bits per heavy atom. The zero-order valence-electron chi connectivity index (χ0n) is 13.5. The fraction of sp³-hybridized carbons (Fsp3) is 0.158. The number of rotatable bonds is 5. The number of benzene rings is 2. The zero-order chi connectivity index (χ0) is 17.5. The number of aliphatic hydroxyl groups excluding tert-OH is 1. The van der Waals surface area contributed by atoms with Crippen molar-refractivity contribution < 1.29 is 14.6 Å². The van der Waals surface area contributed by atoms with Crippen LogP contribution in [-0.2, 0) is 9.53 Å². The van der Waals surface area contributed by atoms with E-state index in [0.717, 1.165) is 5.56 Å². The highest BCUT2D eigenvalue weighted by molar-refractivity contribution is 6.32. The lowest BCUT2D eigenvalue weighted by atomic mass is 10.1. The Morgan fingerprint density at radius 1 is 1.21 bits per heavy atom. The Balaban J connectivity index is 2.44. The molecule has 0 spiro atoms. The number of nitrogens with zero attached hydrogens (tertiary/aromatic N) is 1. The fourth-order valence-electron chi connectivity index (χ4n) is 1.99. The Kier molecular flexibility index (Phi) is 6.15. The van der Waals surface area contributed by atoms with Crippen LogP contribution in [0.15, 0.2) is 59.1 Å². The third-order valence-electron chi connectivity index (χ3n) is 3.26. The summed E-state index contributed by atoms with van der Waals surface area (Å²) in [5, 5.41) is 10.8. The molecule has 0 aromatic heterocycles. The van der Waals surface area contributed by atoms with Crippen LogP contribution in [0.1, 0.15) is 18.1 Å². The number of carbonyl (C=O) groups excluding carboxylic acids is 1. The maximum absolute atomic E-state index is 12.2. The van der Waals surface area contributed by atoms with Crippen molar-refractivity contribution in [3.8, 4) is 0 Å². The van der Waals surface area contributed by atoms with Crippen molar-refractivity contribution >= 4 is 35.2 Å². The molecule has 1 N–H and O–H groups in total. The summed E-state index contributed by atoms with van der Waals surface area (Å²) in [6, 6.07) is 14.2. The minimum atomic E-state index is -0.661. The van der Waals surface area contributed by atoms with Crippen LogP contribution < -0.4 is 0 Å². The highest BCUT2D eigenvalue weighted by atomic mass is 35.5. The summed E-state index contributed by atoms with van der Waals surface area (Å²) in [5.41, 5.74) is 2.06. The molecule has 0 aliphatic heterocycles. The number of carbonyl (C=O) groups is 1. The number of hydrogen-bond acceptors (Lipinski definition) is 4. The van der Waals surface area contributed by atoms with Crippen molar-refractivity contribution in [2.75, 3.05) is 6.61 Å². The molecule has 0 saturated carbocycles. The number of hydrogen-bond donors (Lipinski definition) is 1. The minimum absolute atomic E-state index is 0.0504. The maximum atomic E-state index is 12.2. The van der Waals surface area contributed by atoms with Crippen LogP contribution in [0.25, 0.3) is 5.76 Å². The largest absolute Gasteiger partial charge is 0.506 e. The third-order valence-corrected chi connectivity index (χ3v) is 3.59. The molecule has 124 valence electrons. The molecule has 0 aliphatic carbocycles. The summed E-state index contributed by atoms with van der Waals surface area (Å²) < 4.78 is 5.00. The molecule has 0 radical (unpaired) electrons. The van der Waals surface area contributed by atoms with Crippen LogP contribution in [0.3, 0.4) is 0 Å². The molecule has 0 unspecified atom stereocenters. The van der Waals surface area contributed by atoms with Gasteiger partial charge in [0.25, 0.3) is 0 Å². The number of aliphatic imine (C=N–C) groups is 1. The van der Waals surface area contributed by atoms with E-state index >= 15 is 0 Å². The van der Waals surface area contributed by atoms with E-state index in [1.807, 2.05) is 31.2 Å². The molecule has 0 bridgehead atoms. The Morgan fingerprint density at radius 3 is 2.50 bits per heavy atom. The van der Waals surface area contributed by atoms with Gasteiger partial charge in [0.05, 0.1) is 17.3 Å². The Hall–Kier alpha value is -2.59. The standard InChI is InChI=1S/C19H18ClNO3/c1-3-24-19(23)16(12-21-14-10-8-13(2)9-11-14)18(22)15-6-4-5-7-17(15)20/h4-12,22H,3H2,1-2H3/b18-16+,21-12?. The second kappa shape index (κ2) is 8.31. The van der Waals surface area contributed by atoms with Crippen molar-refractivity contribution in [1.82, 2.24) is 0 Å². The number of aliphatic hydroxyl groups is 1. The first-order valence-electron chi connectivity index (χ1n) is 7.49. The van der Waals surface area contributed by atoms with E-state index in [0.29, 0.717) is 16.3 Å². The van der Waals surface area contributed by atoms with Gasteiger partial charge in [0.15, 0.2) is 0 Å². The van der Waals surface area contributed by atoms with Gasteiger partial charge in [-0.3, -0.25) is 4.99 Å². The molecule has 24 heavy (non-hydrogen) atoms. The summed E-state index contributed by atoms with van der Waals surface area (Å²) in [6.45, 7) is 3.86. The van der Waals surface area contributed by atoms with Gasteiger partial charge in [-0.25, -0.2) is 4.79 Å². The van der Waals surface area contributed by atoms with Gasteiger partial charge in [-0.1, -0.05) is 41.4 Å². The number of halogens is 1. The SMILES string of the molecule is CCOC(=O)/C(C=Nc1ccc(C)cc1)=C(/O)c1ccccc1Cl. The molecule has 0 heterocycles. The van der Waals surface area contributed by atoms with Crippen molar-refractivity contribution in [2.45, 2.75) is 13.8 Å². The van der Waals surface area contributed by atoms with Gasteiger partial charge >= 0.3 is 5.97 Å². The molecule has 0 atom stereocenters. The summed E-state index contributed by atoms with van der Waals surface area (Å²) in [7, 11) is 0. The summed E-state index contributed by atoms with van der Waals surface area (Å²) >= 11 is 6.09. The monoisotopic (exact) mass is 343 g/mol. The first kappa shape index (κ1) is 17.8. The summed E-state index contributed by atoms with van der Waals surface area (Å²) in [5.74, 6) is -0.930. The van der Waals surface area contributed by atoms with E-state index in [-0.39, 0.29) is 17.9 Å². The maximum Gasteiger partial charge on any atom is 0.343 e. The first-order chi connectivity index (χ1) is 11.5. The van der Waals surface area contributed by atoms with Gasteiger partial charge in [-0.05, 0) is 38.1 Å². The van der Waals surface area contributed by atoms with E-state index in [9.17, 15) is 9.90 Å². The van der Waals surface area contributed by atoms with Gasteiger partial charge in [-0.2, -0.15) is 0 Å². The van der Waals surface area contributed by atoms with Crippen molar-refractivity contribution in [3.63, 3.8) is 0 Å². The topological polar surface area (TPSA) is 58.9 Å². The predicted molar refractivity (Wildman–Crippen MR) is 97.0 cm³/mol. The van der Waals surface area contributed by atoms with Crippen LogP contribution in [0, 0.1) is 6.92 Å². The van der Waals surface area contributed by atoms with Gasteiger partial charge < -0.3 is 9.84 Å². The van der Waals surface area contributed by atoms with Crippen molar-refractivity contribution in [1.29, 1.82) is 0 Å². The summed E-state index contributed by atoms with van der Waals surface area (Å²) in [6.07, 6.45) is 1.29. The van der Waals surface area contributed by atoms with Gasteiger partial charge in [0, 0.05) is 11.8 Å². The normalized spacial score (nSPS) is 12.1. The van der Waals surface area contributed by atoms with Crippen LogP contribution in [0.4, 0.5) is 5.69 Å². The smallest absolute Gasteiger partial charge is 0.343 e. The zero-order valence-corrected chi connectivity index (χ0v) is 14.2. The lowest BCUT2D eigenvalue weighted by Gasteiger charge is -2.08. The molecule has 4 nitrogen and oxygen atoms in total. The molecule has 2 aromatic carbocycles. The van der Waals surface area contributed by atoms with Crippen LogP contribution in [0.5, 0.6) is 0 Å². The van der Waals surface area contributed by atoms with Crippen LogP contribution in [0.2, 0.25) is 5.02 Å². The molecule has 2 aromatic rings. The Labute approximate surface area is 146 Å². The second-order valence-electron chi connectivity index (χ2n) is 5.06. The van der Waals surface area contributed by atoms with Gasteiger partial charge in [0.1, 0.15) is 11.3 Å². The predicted octanol–water partition coefficient (Wildman–Crippen LogP) is 4.88. The quantitative estimate of drug-likeness (QED) is 0.364. The van der Waals surface area contributed by atoms with E-state index in [1.54, 1.807) is 31.2 Å². The average molecular weight is 344 g/mol. The lowest BCUT2D eigenvalue weighted by Crippen LogP contribution is -2.11. The molecule has 0 fully saturated rings. The molecule has 2 rings (SSSR count). The molecular formula is C19H18ClNO3. The van der Waals surface area contributed by atoms with Crippen molar-refractivity contribution in [2.24, 2.45) is 4.99 Å². The van der Waals surface area contributed by atoms with E-state index < -0.39 is 5.97 Å². The molecule has 0 aliphatic rings. The average Bonchev–Trinajstić information content (AvgIpc) is 2.57. The highest BCUT2D eigenvalue weighted by Gasteiger charge is 2.17. The van der Waals surface area contributed by atoms with E-state index in [2.05, 4.69) is 4.99 Å². The fourth-order valence-corrected chi connectivity index (χ4v) is 2.21. The molecule has 0 amide bonds. The second-order valence-corrected chi connectivity index (χ2v) is 5.46. The number of aryl methyl sites for hydroxylation is 1.